The van der Waals surface area contributed by atoms with Crippen molar-refractivity contribution in [2.75, 3.05) is 33.9 Å². The van der Waals surface area contributed by atoms with Gasteiger partial charge < -0.3 is 4.74 Å². The molecule has 2 aliphatic heterocycles. The third-order valence-electron chi connectivity index (χ3n) is 4.78. The molecule has 2 aliphatic rings. The lowest BCUT2D eigenvalue weighted by Crippen LogP contribution is -2.61. The van der Waals surface area contributed by atoms with Gasteiger partial charge in [-0.25, -0.2) is 9.37 Å². The molecule has 0 aliphatic carbocycles. The summed E-state index contributed by atoms with van der Waals surface area (Å²) in [7, 11) is 3.11. The van der Waals surface area contributed by atoms with E-state index in [-0.39, 0.29) is 5.91 Å². The first-order valence-corrected chi connectivity index (χ1v) is 9.66. The quantitative estimate of drug-likeness (QED) is 0.550. The van der Waals surface area contributed by atoms with Gasteiger partial charge in [-0.05, 0) is 13.0 Å². The van der Waals surface area contributed by atoms with Crippen molar-refractivity contribution < 1.29 is 18.9 Å². The van der Waals surface area contributed by atoms with Crippen molar-refractivity contribution in [2.45, 2.75) is 25.9 Å². The molecule has 1 atom stereocenters. The van der Waals surface area contributed by atoms with E-state index in [1.54, 1.807) is 7.05 Å². The van der Waals surface area contributed by atoms with Crippen molar-refractivity contribution in [1.29, 1.82) is 0 Å². The molecule has 0 spiro atoms. The van der Waals surface area contributed by atoms with Crippen LogP contribution >= 0.6 is 11.6 Å². The van der Waals surface area contributed by atoms with Gasteiger partial charge in [0.1, 0.15) is 0 Å². The molecule has 1 aromatic carbocycles. The first kappa shape index (κ1) is 20.3. The predicted molar refractivity (Wildman–Crippen MR) is 107 cm³/mol. The number of carbonyl (C=O) groups is 2. The summed E-state index contributed by atoms with van der Waals surface area (Å²) in [6.45, 7) is 4.30. The van der Waals surface area contributed by atoms with Gasteiger partial charge in [0.05, 0.1) is 13.1 Å². The van der Waals surface area contributed by atoms with Crippen LogP contribution in [0.5, 0.6) is 0 Å². The van der Waals surface area contributed by atoms with E-state index < -0.39 is 12.1 Å². The number of benzene rings is 1. The molecule has 0 bridgehead atoms. The minimum Gasteiger partial charge on any atom is -0.382 e. The molecule has 9 heteroatoms. The van der Waals surface area contributed by atoms with E-state index >= 15 is 0 Å². The number of likely N-dealkylation sites (N-methyl/N-ethyl adjacent to an activating group) is 2. The summed E-state index contributed by atoms with van der Waals surface area (Å²) >= 11 is 6.33. The third-order valence-corrected chi connectivity index (χ3v) is 5.15. The molecule has 3 amide bonds. The molecule has 0 aromatic heterocycles. The van der Waals surface area contributed by atoms with E-state index in [1.165, 1.54) is 11.9 Å². The van der Waals surface area contributed by atoms with Crippen molar-refractivity contribution in [3.8, 4) is 0 Å². The third kappa shape index (κ3) is 3.88. The van der Waals surface area contributed by atoms with E-state index in [2.05, 4.69) is 10.3 Å². The Bertz CT molecular complexity index is 839. The second-order valence-electron chi connectivity index (χ2n) is 6.63. The Kier molecular flexibility index (Phi) is 6.31. The van der Waals surface area contributed by atoms with Crippen molar-refractivity contribution in [3.63, 3.8) is 0 Å². The minimum atomic E-state index is -0.668. The fraction of sp³-hybridized carbons (Fsp3) is 0.474. The fourth-order valence-electron chi connectivity index (χ4n) is 3.23. The van der Waals surface area contributed by atoms with Gasteiger partial charge >= 0.3 is 12.0 Å². The van der Waals surface area contributed by atoms with E-state index in [1.807, 2.05) is 35.8 Å². The summed E-state index contributed by atoms with van der Waals surface area (Å²) in [5, 5.41) is 3.90. The van der Waals surface area contributed by atoms with Crippen LogP contribution < -0.4 is 5.32 Å². The van der Waals surface area contributed by atoms with Crippen molar-refractivity contribution in [2.24, 2.45) is 4.99 Å². The number of ether oxygens (including phenoxy) is 1. The van der Waals surface area contributed by atoms with Crippen LogP contribution in [-0.2, 0) is 16.1 Å². The number of halogens is 1. The van der Waals surface area contributed by atoms with Crippen molar-refractivity contribution in [1.82, 2.24) is 15.1 Å². The SMILES string of the molecule is CCOCCCNC1=[N+](Cc2ccccc2Cl)C2C(=O)N(C)C(=O)N(C)C2=N1. The highest BCUT2D eigenvalue weighted by atomic mass is 35.5. The number of urea groups is 1. The molecular weight excluding hydrogens is 382 g/mol. The van der Waals surface area contributed by atoms with Crippen molar-refractivity contribution in [3.05, 3.63) is 34.9 Å². The molecule has 1 fully saturated rings. The molecule has 1 saturated heterocycles. The highest BCUT2D eigenvalue weighted by molar-refractivity contribution is 6.31. The number of nitrogens with zero attached hydrogens (tertiary/aromatic N) is 4. The normalized spacial score (nSPS) is 19.3. The average Bonchev–Trinajstić information content (AvgIpc) is 3.05. The Morgan fingerprint density at radius 2 is 2.00 bits per heavy atom. The van der Waals surface area contributed by atoms with Gasteiger partial charge in [0.25, 0.3) is 5.91 Å². The molecule has 0 saturated carbocycles. The summed E-state index contributed by atoms with van der Waals surface area (Å²) < 4.78 is 7.22. The Labute approximate surface area is 169 Å². The molecule has 150 valence electrons. The second-order valence-corrected chi connectivity index (χ2v) is 7.04. The van der Waals surface area contributed by atoms with Crippen molar-refractivity contribution >= 4 is 35.3 Å². The number of hydrogen-bond acceptors (Lipinski definition) is 5. The van der Waals surface area contributed by atoms with Crippen LogP contribution in [0.1, 0.15) is 18.9 Å². The van der Waals surface area contributed by atoms with Crippen LogP contribution in [0.25, 0.3) is 0 Å². The zero-order valence-corrected chi connectivity index (χ0v) is 17.1. The van der Waals surface area contributed by atoms with E-state index in [0.717, 1.165) is 16.9 Å². The van der Waals surface area contributed by atoms with Gasteiger partial charge in [0.2, 0.25) is 11.9 Å². The smallest absolute Gasteiger partial charge is 0.382 e. The second kappa shape index (κ2) is 8.70. The molecule has 1 N–H and O–H groups in total. The number of guanidine groups is 1. The Hall–Kier alpha value is -2.45. The highest BCUT2D eigenvalue weighted by Gasteiger charge is 2.51. The lowest BCUT2D eigenvalue weighted by atomic mass is 10.1. The van der Waals surface area contributed by atoms with Crippen LogP contribution in [0.4, 0.5) is 4.79 Å². The standard InChI is InChI=1S/C19H24ClN5O3/c1-4-28-11-7-10-21-18-22-16-15(17(26)24(3)19(27)23(16)2)25(18)12-13-8-5-6-9-14(13)20/h5-6,8-9,15H,4,7,10-12H2,1-3H3/p+1. The first-order valence-electron chi connectivity index (χ1n) is 9.28. The fourth-order valence-corrected chi connectivity index (χ4v) is 3.43. The summed E-state index contributed by atoms with van der Waals surface area (Å²) in [6, 6.07) is 6.43. The maximum atomic E-state index is 12.9. The number of fused-ring (bicyclic) bond motifs is 1. The maximum Gasteiger partial charge on any atom is 0.390 e. The molecule has 0 radical (unpaired) electrons. The first-order chi connectivity index (χ1) is 13.5. The zero-order chi connectivity index (χ0) is 20.3. The summed E-state index contributed by atoms with van der Waals surface area (Å²) in [4.78, 5) is 32.3. The van der Waals surface area contributed by atoms with Gasteiger partial charge in [-0.15, -0.1) is 0 Å². The van der Waals surface area contributed by atoms with Crippen LogP contribution in [0, 0.1) is 0 Å². The predicted octanol–water partition coefficient (Wildman–Crippen LogP) is 1.53. The lowest BCUT2D eigenvalue weighted by Gasteiger charge is -2.31. The summed E-state index contributed by atoms with van der Waals surface area (Å²) in [5.41, 5.74) is 0.879. The van der Waals surface area contributed by atoms with E-state index in [4.69, 9.17) is 16.3 Å². The number of imide groups is 1. The van der Waals surface area contributed by atoms with Crippen LogP contribution in [-0.4, -0.2) is 78.0 Å². The molecule has 1 unspecified atom stereocenters. The highest BCUT2D eigenvalue weighted by Crippen LogP contribution is 2.22. The van der Waals surface area contributed by atoms with E-state index in [9.17, 15) is 9.59 Å². The monoisotopic (exact) mass is 406 g/mol. The van der Waals surface area contributed by atoms with Gasteiger partial charge in [0.15, 0.2) is 0 Å². The number of amides is 3. The number of nitrogens with one attached hydrogen (secondary N) is 1. The zero-order valence-electron chi connectivity index (χ0n) is 16.3. The number of amidine groups is 1. The average molecular weight is 407 g/mol. The molecule has 2 heterocycles. The number of rotatable bonds is 7. The van der Waals surface area contributed by atoms with Gasteiger partial charge in [-0.2, -0.15) is 0 Å². The van der Waals surface area contributed by atoms with Crippen LogP contribution in [0.2, 0.25) is 5.02 Å². The van der Waals surface area contributed by atoms with E-state index in [0.29, 0.717) is 43.1 Å². The summed E-state index contributed by atoms with van der Waals surface area (Å²) in [6.07, 6.45) is 0.801. The summed E-state index contributed by atoms with van der Waals surface area (Å²) in [5.74, 6) is 0.673. The lowest BCUT2D eigenvalue weighted by molar-refractivity contribution is -0.553. The largest absolute Gasteiger partial charge is 0.390 e. The Morgan fingerprint density at radius 1 is 1.25 bits per heavy atom. The van der Waals surface area contributed by atoms with Gasteiger partial charge in [-0.1, -0.05) is 34.8 Å². The molecule has 1 aromatic rings. The van der Waals surface area contributed by atoms with Gasteiger partial charge in [-0.3, -0.25) is 19.9 Å². The van der Waals surface area contributed by atoms with Gasteiger partial charge in [0, 0.05) is 44.3 Å². The van der Waals surface area contributed by atoms with Crippen LogP contribution in [0.3, 0.4) is 0 Å². The Balaban J connectivity index is 1.89. The molecule has 3 rings (SSSR count). The number of aliphatic imine (C=N–C) groups is 1. The maximum absolute atomic E-state index is 12.9. The number of carbonyl (C=O) groups excluding carboxylic acids is 2. The molecule has 28 heavy (non-hydrogen) atoms. The Morgan fingerprint density at radius 3 is 2.71 bits per heavy atom. The van der Waals surface area contributed by atoms with Crippen LogP contribution in [0.15, 0.2) is 29.3 Å². The minimum absolute atomic E-state index is 0.306. The molecular formula is C19H25ClN5O3+. The number of hydrogen-bond donors (Lipinski definition) is 1. The topological polar surface area (TPSA) is 77.2 Å². The molecule has 8 nitrogen and oxygen atoms in total.